The summed E-state index contributed by atoms with van der Waals surface area (Å²) >= 11 is 1.71. The molecule has 1 N–H and O–H groups in total. The molecule has 0 radical (unpaired) electrons. The fourth-order valence-electron chi connectivity index (χ4n) is 2.20. The Bertz CT molecular complexity index is 413. The molecule has 1 aromatic rings. The van der Waals surface area contributed by atoms with Crippen LogP contribution in [0, 0.1) is 5.41 Å². The number of nitrogens with one attached hydrogen (secondary N) is 1. The molecule has 0 spiro atoms. The summed E-state index contributed by atoms with van der Waals surface area (Å²) in [6.45, 7) is 9.37. The van der Waals surface area contributed by atoms with Crippen molar-refractivity contribution in [1.29, 1.82) is 0 Å². The summed E-state index contributed by atoms with van der Waals surface area (Å²) in [6.07, 6.45) is 1.13. The zero-order chi connectivity index (χ0) is 13.3. The molecule has 0 bridgehead atoms. The lowest BCUT2D eigenvalue weighted by atomic mass is 9.89. The van der Waals surface area contributed by atoms with Gasteiger partial charge in [-0.1, -0.05) is 26.8 Å². The van der Waals surface area contributed by atoms with Gasteiger partial charge < -0.3 is 4.90 Å². The van der Waals surface area contributed by atoms with Crippen molar-refractivity contribution < 1.29 is 4.79 Å². The predicted molar refractivity (Wildman–Crippen MR) is 75.4 cm³/mol. The van der Waals surface area contributed by atoms with Crippen LogP contribution >= 0.6 is 11.3 Å². The van der Waals surface area contributed by atoms with Crippen molar-refractivity contribution in [2.75, 3.05) is 6.54 Å². The fraction of sp³-hybridized carbons (Fsp3) is 0.643. The van der Waals surface area contributed by atoms with Crippen LogP contribution in [0.3, 0.4) is 0 Å². The van der Waals surface area contributed by atoms with Gasteiger partial charge in [0.2, 0.25) is 5.91 Å². The fourth-order valence-corrected chi connectivity index (χ4v) is 2.99. The zero-order valence-electron chi connectivity index (χ0n) is 11.6. The van der Waals surface area contributed by atoms with Crippen molar-refractivity contribution in [2.24, 2.45) is 5.41 Å². The van der Waals surface area contributed by atoms with Gasteiger partial charge in [-0.25, -0.2) is 0 Å². The standard InChI is InChI=1S/C14H22N2OS/c1-5-14(3,4)9-16-12(11-7-6-8-18-11)15-10(2)13(16)17/h6-8,10,12,15H,5,9H2,1-4H3. The molecule has 2 unspecified atom stereocenters. The summed E-state index contributed by atoms with van der Waals surface area (Å²) in [5, 5.41) is 5.45. The number of carbonyl (C=O) groups excluding carboxylic acids is 1. The molecule has 100 valence electrons. The topological polar surface area (TPSA) is 32.3 Å². The number of rotatable bonds is 4. The first-order chi connectivity index (χ1) is 8.44. The summed E-state index contributed by atoms with van der Waals surface area (Å²) in [6, 6.07) is 4.06. The Labute approximate surface area is 113 Å². The number of thiophene rings is 1. The molecule has 1 amide bonds. The average molecular weight is 266 g/mol. The maximum Gasteiger partial charge on any atom is 0.241 e. The first kappa shape index (κ1) is 13.6. The van der Waals surface area contributed by atoms with Gasteiger partial charge in [-0.05, 0) is 30.2 Å². The van der Waals surface area contributed by atoms with E-state index < -0.39 is 0 Å². The van der Waals surface area contributed by atoms with E-state index in [9.17, 15) is 4.79 Å². The highest BCUT2D eigenvalue weighted by Crippen LogP contribution is 2.32. The van der Waals surface area contributed by atoms with E-state index in [1.165, 1.54) is 4.88 Å². The minimum atomic E-state index is -0.0789. The van der Waals surface area contributed by atoms with Crippen LogP contribution in [-0.4, -0.2) is 23.4 Å². The van der Waals surface area contributed by atoms with E-state index in [4.69, 9.17) is 0 Å². The van der Waals surface area contributed by atoms with Gasteiger partial charge in [-0.2, -0.15) is 0 Å². The zero-order valence-corrected chi connectivity index (χ0v) is 12.4. The molecule has 0 aromatic carbocycles. The van der Waals surface area contributed by atoms with Gasteiger partial charge in [-0.15, -0.1) is 11.3 Å². The lowest BCUT2D eigenvalue weighted by molar-refractivity contribution is -0.131. The number of nitrogens with zero attached hydrogens (tertiary/aromatic N) is 1. The van der Waals surface area contributed by atoms with Crippen LogP contribution in [-0.2, 0) is 4.79 Å². The lowest BCUT2D eigenvalue weighted by Crippen LogP contribution is -2.38. The van der Waals surface area contributed by atoms with Crippen LogP contribution < -0.4 is 5.32 Å². The molecular formula is C14H22N2OS. The molecule has 18 heavy (non-hydrogen) atoms. The van der Waals surface area contributed by atoms with E-state index in [-0.39, 0.29) is 23.5 Å². The minimum absolute atomic E-state index is 0.0540. The summed E-state index contributed by atoms with van der Waals surface area (Å²) in [4.78, 5) is 15.5. The van der Waals surface area contributed by atoms with Crippen molar-refractivity contribution in [2.45, 2.75) is 46.3 Å². The Morgan fingerprint density at radius 3 is 2.78 bits per heavy atom. The molecule has 4 heteroatoms. The second-order valence-electron chi connectivity index (χ2n) is 5.79. The monoisotopic (exact) mass is 266 g/mol. The van der Waals surface area contributed by atoms with Crippen molar-refractivity contribution in [3.63, 3.8) is 0 Å². The highest BCUT2D eigenvalue weighted by atomic mass is 32.1. The maximum atomic E-state index is 12.3. The molecule has 0 aliphatic carbocycles. The van der Waals surface area contributed by atoms with Gasteiger partial charge in [0.15, 0.2) is 0 Å². The van der Waals surface area contributed by atoms with Crippen molar-refractivity contribution >= 4 is 17.2 Å². The van der Waals surface area contributed by atoms with Crippen LogP contribution in [0.15, 0.2) is 17.5 Å². The van der Waals surface area contributed by atoms with Gasteiger partial charge in [0.1, 0.15) is 6.17 Å². The second kappa shape index (κ2) is 5.02. The molecule has 1 fully saturated rings. The molecule has 2 rings (SSSR count). The van der Waals surface area contributed by atoms with Gasteiger partial charge in [0.25, 0.3) is 0 Å². The van der Waals surface area contributed by atoms with Gasteiger partial charge in [0, 0.05) is 11.4 Å². The Hall–Kier alpha value is -0.870. The quantitative estimate of drug-likeness (QED) is 0.908. The number of carbonyl (C=O) groups is 1. The van der Waals surface area contributed by atoms with Crippen LogP contribution in [0.5, 0.6) is 0 Å². The van der Waals surface area contributed by atoms with E-state index in [1.54, 1.807) is 11.3 Å². The van der Waals surface area contributed by atoms with Crippen LogP contribution in [0.25, 0.3) is 0 Å². The first-order valence-electron chi connectivity index (χ1n) is 6.54. The largest absolute Gasteiger partial charge is 0.320 e. The number of amides is 1. The van der Waals surface area contributed by atoms with Crippen LogP contribution in [0.2, 0.25) is 0 Å². The van der Waals surface area contributed by atoms with Crippen molar-refractivity contribution in [3.8, 4) is 0 Å². The summed E-state index contributed by atoms with van der Waals surface area (Å²) in [5.74, 6) is 0.218. The SMILES string of the molecule is CCC(C)(C)CN1C(=O)C(C)NC1c1cccs1. The third-order valence-corrected chi connectivity index (χ3v) is 4.67. The molecule has 1 saturated heterocycles. The van der Waals surface area contributed by atoms with Gasteiger partial charge in [-0.3, -0.25) is 10.1 Å². The molecular weight excluding hydrogens is 244 g/mol. The third kappa shape index (κ3) is 2.59. The molecule has 2 atom stereocenters. The van der Waals surface area contributed by atoms with Crippen molar-refractivity contribution in [1.82, 2.24) is 10.2 Å². The third-order valence-electron chi connectivity index (χ3n) is 3.74. The Morgan fingerprint density at radius 2 is 2.22 bits per heavy atom. The maximum absolute atomic E-state index is 12.3. The molecule has 1 aliphatic rings. The Balaban J connectivity index is 2.21. The predicted octanol–water partition coefficient (Wildman–Crippen LogP) is 3.00. The van der Waals surface area contributed by atoms with E-state index >= 15 is 0 Å². The molecule has 0 saturated carbocycles. The molecule has 1 aliphatic heterocycles. The highest BCUT2D eigenvalue weighted by molar-refractivity contribution is 7.10. The van der Waals surface area contributed by atoms with Crippen molar-refractivity contribution in [3.05, 3.63) is 22.4 Å². The van der Waals surface area contributed by atoms with Gasteiger partial charge in [0.05, 0.1) is 6.04 Å². The highest BCUT2D eigenvalue weighted by Gasteiger charge is 2.39. The molecule has 2 heterocycles. The van der Waals surface area contributed by atoms with Gasteiger partial charge >= 0.3 is 0 Å². The smallest absolute Gasteiger partial charge is 0.241 e. The van der Waals surface area contributed by atoms with Crippen LogP contribution in [0.4, 0.5) is 0 Å². The van der Waals surface area contributed by atoms with E-state index in [1.807, 2.05) is 17.9 Å². The molecule has 3 nitrogen and oxygen atoms in total. The normalized spacial score (nSPS) is 24.9. The average Bonchev–Trinajstić information content (AvgIpc) is 2.93. The minimum Gasteiger partial charge on any atom is -0.320 e. The summed E-state index contributed by atoms with van der Waals surface area (Å²) in [7, 11) is 0. The summed E-state index contributed by atoms with van der Waals surface area (Å²) in [5.41, 5.74) is 0.164. The summed E-state index contributed by atoms with van der Waals surface area (Å²) < 4.78 is 0. The van der Waals surface area contributed by atoms with E-state index in [0.29, 0.717) is 0 Å². The van der Waals surface area contributed by atoms with E-state index in [0.717, 1.165) is 13.0 Å². The Kier molecular flexibility index (Phi) is 3.78. The van der Waals surface area contributed by atoms with E-state index in [2.05, 4.69) is 37.5 Å². The molecule has 1 aromatic heterocycles. The first-order valence-corrected chi connectivity index (χ1v) is 7.42. The lowest BCUT2D eigenvalue weighted by Gasteiger charge is -2.32. The Morgan fingerprint density at radius 1 is 1.50 bits per heavy atom. The second-order valence-corrected chi connectivity index (χ2v) is 6.77. The van der Waals surface area contributed by atoms with Crippen LogP contribution in [0.1, 0.15) is 45.2 Å². The number of hydrogen-bond donors (Lipinski definition) is 1. The number of hydrogen-bond acceptors (Lipinski definition) is 3.